The van der Waals surface area contributed by atoms with Crippen LogP contribution in [-0.2, 0) is 11.3 Å². The molecule has 0 saturated carbocycles. The zero-order valence-electron chi connectivity index (χ0n) is 19.0. The fourth-order valence-electron chi connectivity index (χ4n) is 4.18. The van der Waals surface area contributed by atoms with Gasteiger partial charge in [-0.3, -0.25) is 9.59 Å². The number of primary amides is 1. The van der Waals surface area contributed by atoms with Crippen LogP contribution in [0.3, 0.4) is 0 Å². The number of aromatic nitrogens is 1. The summed E-state index contributed by atoms with van der Waals surface area (Å²) >= 11 is 0. The van der Waals surface area contributed by atoms with E-state index in [1.54, 1.807) is 36.4 Å². The van der Waals surface area contributed by atoms with E-state index in [0.29, 0.717) is 34.4 Å². The Balaban J connectivity index is 1.69. The van der Waals surface area contributed by atoms with Gasteiger partial charge in [0.05, 0.1) is 16.4 Å². The first kappa shape index (κ1) is 22.0. The Morgan fingerprint density at radius 1 is 0.771 bits per heavy atom. The van der Waals surface area contributed by atoms with Gasteiger partial charge in [-0.05, 0) is 42.0 Å². The van der Waals surface area contributed by atoms with Gasteiger partial charge < -0.3 is 20.0 Å². The number of fused-ring (bicyclic) bond motifs is 3. The molecule has 5 aromatic rings. The first-order chi connectivity index (χ1) is 17.0. The zero-order valence-corrected chi connectivity index (χ0v) is 19.0. The molecule has 0 atom stereocenters. The van der Waals surface area contributed by atoms with E-state index >= 15 is 0 Å². The number of para-hydroxylation sites is 1. The number of nitrogens with two attached hydrogens (primary N) is 1. The van der Waals surface area contributed by atoms with Crippen molar-refractivity contribution in [1.29, 1.82) is 0 Å². The molecule has 0 fully saturated rings. The molecule has 7 nitrogen and oxygen atoms in total. The monoisotopic (exact) mass is 465 g/mol. The summed E-state index contributed by atoms with van der Waals surface area (Å²) in [6.45, 7) is 1.92. The van der Waals surface area contributed by atoms with Crippen molar-refractivity contribution in [2.75, 3.05) is 0 Å². The lowest BCUT2D eigenvalue weighted by Crippen LogP contribution is -2.35. The summed E-state index contributed by atoms with van der Waals surface area (Å²) < 4.78 is 2.11. The highest BCUT2D eigenvalue weighted by molar-refractivity contribution is 6.19. The topological polar surface area (TPSA) is 86.8 Å². The Bertz CT molecular complexity index is 1530. The van der Waals surface area contributed by atoms with E-state index in [0.717, 1.165) is 21.8 Å². The third-order valence-corrected chi connectivity index (χ3v) is 5.70. The minimum atomic E-state index is -0.548. The highest BCUT2D eigenvalue weighted by Crippen LogP contribution is 2.38. The van der Waals surface area contributed by atoms with Gasteiger partial charge in [0.25, 0.3) is 5.91 Å². The van der Waals surface area contributed by atoms with Crippen LogP contribution in [0.15, 0.2) is 97.1 Å². The molecule has 4 aromatic carbocycles. The van der Waals surface area contributed by atoms with Crippen LogP contribution in [0.4, 0.5) is 0 Å². The van der Waals surface area contributed by atoms with E-state index in [2.05, 4.69) is 4.57 Å². The van der Waals surface area contributed by atoms with Crippen LogP contribution < -0.4 is 15.4 Å². The predicted octanol–water partition coefficient (Wildman–Crippen LogP) is 5.08. The lowest BCUT2D eigenvalue weighted by atomic mass is 10.1. The highest BCUT2D eigenvalue weighted by Gasteiger charge is 2.22. The van der Waals surface area contributed by atoms with Crippen molar-refractivity contribution in [2.24, 2.45) is 5.73 Å². The molecule has 174 valence electrons. The molecule has 0 bridgehead atoms. The molecule has 0 aliphatic heterocycles. The van der Waals surface area contributed by atoms with Crippen LogP contribution in [0.2, 0.25) is 0 Å². The molecular formula is C28H23N3O4. The fraction of sp³-hybridized carbons (Fsp3) is 0.0714. The van der Waals surface area contributed by atoms with Crippen LogP contribution in [0.1, 0.15) is 22.8 Å². The normalized spacial score (nSPS) is 10.9. The number of hydrogen-bond acceptors (Lipinski definition) is 4. The SMILES string of the molecule is CC(=O)N(Oc1ccccc1)Oc1cccc2c1c1c(C(N)=O)cccc1n2Cc1ccccc1. The second-order valence-electron chi connectivity index (χ2n) is 8.06. The first-order valence-electron chi connectivity index (χ1n) is 11.1. The molecule has 0 aliphatic carbocycles. The number of carbonyl (C=O) groups excluding carboxylic acids is 2. The Kier molecular flexibility index (Phi) is 5.81. The Labute approximate surface area is 201 Å². The van der Waals surface area contributed by atoms with Crippen LogP contribution in [0, 0.1) is 0 Å². The van der Waals surface area contributed by atoms with Gasteiger partial charge in [0.15, 0.2) is 11.5 Å². The van der Waals surface area contributed by atoms with E-state index in [4.69, 9.17) is 15.4 Å². The van der Waals surface area contributed by atoms with Gasteiger partial charge in [0.1, 0.15) is 0 Å². The summed E-state index contributed by atoms with van der Waals surface area (Å²) in [4.78, 5) is 36.4. The maximum absolute atomic E-state index is 12.4. The molecule has 5 rings (SSSR count). The minimum absolute atomic E-state index is 0.360. The van der Waals surface area contributed by atoms with Crippen LogP contribution in [-0.4, -0.2) is 21.6 Å². The van der Waals surface area contributed by atoms with Gasteiger partial charge in [0, 0.05) is 29.6 Å². The van der Waals surface area contributed by atoms with Gasteiger partial charge in [-0.15, -0.1) is 0 Å². The number of benzene rings is 4. The molecule has 0 spiro atoms. The largest absolute Gasteiger partial charge is 0.366 e. The fourth-order valence-corrected chi connectivity index (χ4v) is 4.18. The maximum atomic E-state index is 12.4. The van der Waals surface area contributed by atoms with Crippen molar-refractivity contribution in [2.45, 2.75) is 13.5 Å². The molecule has 2 amide bonds. The molecule has 7 heteroatoms. The second-order valence-corrected chi connectivity index (χ2v) is 8.06. The van der Waals surface area contributed by atoms with Crippen LogP contribution >= 0.6 is 0 Å². The maximum Gasteiger partial charge on any atom is 0.293 e. The zero-order chi connectivity index (χ0) is 24.4. The van der Waals surface area contributed by atoms with Crippen molar-refractivity contribution in [1.82, 2.24) is 9.79 Å². The quantitative estimate of drug-likeness (QED) is 0.340. The van der Waals surface area contributed by atoms with Crippen LogP contribution in [0.25, 0.3) is 21.8 Å². The van der Waals surface area contributed by atoms with Gasteiger partial charge >= 0.3 is 0 Å². The molecule has 0 aliphatic rings. The number of rotatable bonds is 7. The van der Waals surface area contributed by atoms with Gasteiger partial charge in [-0.2, -0.15) is 0 Å². The summed E-state index contributed by atoms with van der Waals surface area (Å²) in [5.74, 6) is -0.194. The van der Waals surface area contributed by atoms with Gasteiger partial charge in [-0.1, -0.05) is 60.7 Å². The Hall–Kier alpha value is -4.78. The number of amides is 2. The molecule has 0 radical (unpaired) electrons. The average Bonchev–Trinajstić information content (AvgIpc) is 3.19. The number of hydroxylamine groups is 2. The molecule has 0 unspecified atom stereocenters. The molecule has 35 heavy (non-hydrogen) atoms. The third-order valence-electron chi connectivity index (χ3n) is 5.70. The standard InChI is InChI=1S/C28H23N3O4/c1-19(32)31(34-21-12-6-3-7-13-21)35-25-17-9-16-24-27(25)26-22(28(29)33)14-8-15-23(26)30(24)18-20-10-4-2-5-11-20/h2-17H,18H2,1H3,(H2,29,33). The molecular weight excluding hydrogens is 442 g/mol. The number of carbonyl (C=O) groups is 2. The summed E-state index contributed by atoms with van der Waals surface area (Å²) in [5, 5.41) is 2.15. The Morgan fingerprint density at radius 3 is 2.06 bits per heavy atom. The summed E-state index contributed by atoms with van der Waals surface area (Å²) in [6.07, 6.45) is 0. The third kappa shape index (κ3) is 4.27. The lowest BCUT2D eigenvalue weighted by molar-refractivity contribution is -0.243. The van der Waals surface area contributed by atoms with Gasteiger partial charge in [0.2, 0.25) is 5.91 Å². The van der Waals surface area contributed by atoms with Gasteiger partial charge in [-0.25, -0.2) is 0 Å². The number of nitrogens with zero attached hydrogens (tertiary/aromatic N) is 2. The Morgan fingerprint density at radius 2 is 1.40 bits per heavy atom. The van der Waals surface area contributed by atoms with Crippen molar-refractivity contribution < 1.29 is 19.3 Å². The summed E-state index contributed by atoms with van der Waals surface area (Å²) in [7, 11) is 0. The average molecular weight is 466 g/mol. The predicted molar refractivity (Wildman–Crippen MR) is 134 cm³/mol. The smallest absolute Gasteiger partial charge is 0.293 e. The molecule has 1 heterocycles. The summed E-state index contributed by atoms with van der Waals surface area (Å²) in [5.41, 5.74) is 8.88. The van der Waals surface area contributed by atoms with Crippen molar-refractivity contribution in [3.8, 4) is 11.5 Å². The van der Waals surface area contributed by atoms with E-state index in [-0.39, 0.29) is 0 Å². The molecule has 0 saturated heterocycles. The van der Waals surface area contributed by atoms with E-state index in [9.17, 15) is 9.59 Å². The van der Waals surface area contributed by atoms with E-state index < -0.39 is 11.8 Å². The van der Waals surface area contributed by atoms with E-state index in [1.807, 2.05) is 60.7 Å². The minimum Gasteiger partial charge on any atom is -0.366 e. The van der Waals surface area contributed by atoms with Crippen molar-refractivity contribution in [3.05, 3.63) is 108 Å². The van der Waals surface area contributed by atoms with Crippen molar-refractivity contribution >= 4 is 33.6 Å². The number of hydrogen-bond donors (Lipinski definition) is 1. The summed E-state index contributed by atoms with van der Waals surface area (Å²) in [6, 6.07) is 29.9. The molecule has 1 aromatic heterocycles. The lowest BCUT2D eigenvalue weighted by Gasteiger charge is -2.20. The van der Waals surface area contributed by atoms with Crippen LogP contribution in [0.5, 0.6) is 11.5 Å². The molecule has 2 N–H and O–H groups in total. The first-order valence-corrected chi connectivity index (χ1v) is 11.1. The highest BCUT2D eigenvalue weighted by atomic mass is 17.0. The van der Waals surface area contributed by atoms with Crippen molar-refractivity contribution in [3.63, 3.8) is 0 Å². The van der Waals surface area contributed by atoms with E-state index in [1.165, 1.54) is 6.92 Å². The second kappa shape index (κ2) is 9.23.